The Kier molecular flexibility index (Phi) is 4.19. The summed E-state index contributed by atoms with van der Waals surface area (Å²) >= 11 is 5.81. The Hall–Kier alpha value is -0.770. The molecule has 0 aromatic heterocycles. The number of hydrogen-bond donors (Lipinski definition) is 2. The van der Waals surface area contributed by atoms with E-state index in [1.54, 1.807) is 26.0 Å². The number of hydrogen-bond acceptors (Lipinski definition) is 3. The minimum Gasteiger partial charge on any atom is -0.506 e. The van der Waals surface area contributed by atoms with Crippen LogP contribution >= 0.6 is 11.6 Å². The van der Waals surface area contributed by atoms with E-state index >= 15 is 0 Å². The van der Waals surface area contributed by atoms with Gasteiger partial charge in [-0.3, -0.25) is 4.90 Å². The van der Waals surface area contributed by atoms with Gasteiger partial charge in [0.15, 0.2) is 0 Å². The molecule has 0 heterocycles. The fourth-order valence-corrected chi connectivity index (χ4v) is 1.89. The molecule has 4 heteroatoms. The highest BCUT2D eigenvalue weighted by atomic mass is 35.5. The van der Waals surface area contributed by atoms with Crippen LogP contribution < -0.4 is 0 Å². The number of likely N-dealkylation sites (N-methyl/N-ethyl adjacent to an activating group) is 1. The SMILES string of the molecule is CN(Cc1cccc(Cl)c1O)CC(C)(C)O. The molecular weight excluding hydrogens is 226 g/mol. The molecule has 0 saturated heterocycles. The summed E-state index contributed by atoms with van der Waals surface area (Å²) in [4.78, 5) is 1.94. The summed E-state index contributed by atoms with van der Waals surface area (Å²) in [6.45, 7) is 4.58. The van der Waals surface area contributed by atoms with Crippen molar-refractivity contribution in [2.24, 2.45) is 0 Å². The van der Waals surface area contributed by atoms with Gasteiger partial charge in [-0.05, 0) is 27.0 Å². The van der Waals surface area contributed by atoms with Crippen LogP contribution in [0.4, 0.5) is 0 Å². The van der Waals surface area contributed by atoms with Gasteiger partial charge in [0.25, 0.3) is 0 Å². The number of rotatable bonds is 4. The molecule has 1 aromatic carbocycles. The predicted molar refractivity (Wildman–Crippen MR) is 65.7 cm³/mol. The molecule has 1 aromatic rings. The van der Waals surface area contributed by atoms with Crippen LogP contribution in [0.2, 0.25) is 5.02 Å². The number of phenols is 1. The standard InChI is InChI=1S/C12H18ClNO2/c1-12(2,16)8-14(3)7-9-5-4-6-10(13)11(9)15/h4-6,15-16H,7-8H2,1-3H3. The summed E-state index contributed by atoms with van der Waals surface area (Å²) in [5, 5.41) is 19.7. The van der Waals surface area contributed by atoms with Crippen LogP contribution in [-0.4, -0.2) is 34.3 Å². The van der Waals surface area contributed by atoms with Gasteiger partial charge in [0.1, 0.15) is 5.75 Å². The number of aliphatic hydroxyl groups is 1. The molecule has 3 nitrogen and oxygen atoms in total. The van der Waals surface area contributed by atoms with E-state index in [9.17, 15) is 10.2 Å². The lowest BCUT2D eigenvalue weighted by atomic mass is 10.1. The number of halogens is 1. The van der Waals surface area contributed by atoms with Crippen LogP contribution in [0, 0.1) is 0 Å². The molecule has 0 fully saturated rings. The molecule has 0 aliphatic rings. The Balaban J connectivity index is 2.70. The molecule has 0 bridgehead atoms. The zero-order chi connectivity index (χ0) is 12.3. The highest BCUT2D eigenvalue weighted by molar-refractivity contribution is 6.32. The molecule has 90 valence electrons. The van der Waals surface area contributed by atoms with E-state index in [-0.39, 0.29) is 5.75 Å². The monoisotopic (exact) mass is 243 g/mol. The fourth-order valence-electron chi connectivity index (χ4n) is 1.69. The van der Waals surface area contributed by atoms with Gasteiger partial charge in [-0.15, -0.1) is 0 Å². The number of para-hydroxylation sites is 1. The third-order valence-corrected chi connectivity index (χ3v) is 2.47. The lowest BCUT2D eigenvalue weighted by Crippen LogP contribution is -2.35. The van der Waals surface area contributed by atoms with Crippen LogP contribution in [0.3, 0.4) is 0 Å². The Bertz CT molecular complexity index is 361. The molecule has 0 atom stereocenters. The first kappa shape index (κ1) is 13.3. The third kappa shape index (κ3) is 4.00. The molecule has 0 amide bonds. The van der Waals surface area contributed by atoms with Crippen molar-refractivity contribution in [2.45, 2.75) is 26.0 Å². The van der Waals surface area contributed by atoms with Crippen molar-refractivity contribution >= 4 is 11.6 Å². The van der Waals surface area contributed by atoms with Gasteiger partial charge in [-0.25, -0.2) is 0 Å². The van der Waals surface area contributed by atoms with Crippen LogP contribution in [-0.2, 0) is 6.54 Å². The Morgan fingerprint density at radius 1 is 1.38 bits per heavy atom. The van der Waals surface area contributed by atoms with Gasteiger partial charge in [0.2, 0.25) is 0 Å². The third-order valence-electron chi connectivity index (χ3n) is 2.17. The first-order valence-electron chi connectivity index (χ1n) is 5.17. The highest BCUT2D eigenvalue weighted by Gasteiger charge is 2.16. The quantitative estimate of drug-likeness (QED) is 0.853. The largest absolute Gasteiger partial charge is 0.506 e. The number of phenolic OH excluding ortho intramolecular Hbond substituents is 1. The molecule has 2 N–H and O–H groups in total. The highest BCUT2D eigenvalue weighted by Crippen LogP contribution is 2.27. The van der Waals surface area contributed by atoms with Gasteiger partial charge in [-0.1, -0.05) is 23.7 Å². The van der Waals surface area contributed by atoms with Crippen molar-refractivity contribution < 1.29 is 10.2 Å². The van der Waals surface area contributed by atoms with Crippen molar-refractivity contribution in [1.29, 1.82) is 0 Å². The van der Waals surface area contributed by atoms with Crippen LogP contribution in [0.5, 0.6) is 5.75 Å². The maximum atomic E-state index is 9.72. The predicted octanol–water partition coefficient (Wildman–Crippen LogP) is 2.25. The van der Waals surface area contributed by atoms with E-state index in [2.05, 4.69) is 0 Å². The molecule has 0 aliphatic heterocycles. The lowest BCUT2D eigenvalue weighted by molar-refractivity contribution is 0.0423. The van der Waals surface area contributed by atoms with E-state index in [4.69, 9.17) is 11.6 Å². The Morgan fingerprint density at radius 2 is 2.00 bits per heavy atom. The normalized spacial score (nSPS) is 12.1. The molecular formula is C12H18ClNO2. The Labute approximate surface area is 101 Å². The number of aromatic hydroxyl groups is 1. The van der Waals surface area contributed by atoms with E-state index in [1.807, 2.05) is 18.0 Å². The number of nitrogens with zero attached hydrogens (tertiary/aromatic N) is 1. The molecule has 0 radical (unpaired) electrons. The van der Waals surface area contributed by atoms with Gasteiger partial charge >= 0.3 is 0 Å². The van der Waals surface area contributed by atoms with Gasteiger partial charge < -0.3 is 10.2 Å². The second-order valence-electron chi connectivity index (χ2n) is 4.73. The summed E-state index contributed by atoms with van der Waals surface area (Å²) in [5.41, 5.74) is 0.0161. The summed E-state index contributed by atoms with van der Waals surface area (Å²) in [5.74, 6) is 0.117. The summed E-state index contributed by atoms with van der Waals surface area (Å²) < 4.78 is 0. The molecule has 16 heavy (non-hydrogen) atoms. The van der Waals surface area contributed by atoms with Gasteiger partial charge in [0.05, 0.1) is 10.6 Å². The van der Waals surface area contributed by atoms with Crippen molar-refractivity contribution in [1.82, 2.24) is 4.90 Å². The fraction of sp³-hybridized carbons (Fsp3) is 0.500. The maximum Gasteiger partial charge on any atom is 0.138 e. The molecule has 0 saturated carbocycles. The van der Waals surface area contributed by atoms with Crippen molar-refractivity contribution in [2.75, 3.05) is 13.6 Å². The minimum absolute atomic E-state index is 0.117. The van der Waals surface area contributed by atoms with Crippen molar-refractivity contribution in [3.8, 4) is 5.75 Å². The van der Waals surface area contributed by atoms with Crippen molar-refractivity contribution in [3.05, 3.63) is 28.8 Å². The minimum atomic E-state index is -0.747. The average Bonchev–Trinajstić information content (AvgIpc) is 2.09. The summed E-state index contributed by atoms with van der Waals surface area (Å²) in [6.07, 6.45) is 0. The first-order valence-corrected chi connectivity index (χ1v) is 5.54. The van der Waals surface area contributed by atoms with E-state index in [1.165, 1.54) is 0 Å². The van der Waals surface area contributed by atoms with Crippen LogP contribution in [0.15, 0.2) is 18.2 Å². The zero-order valence-electron chi connectivity index (χ0n) is 9.87. The van der Waals surface area contributed by atoms with Crippen molar-refractivity contribution in [3.63, 3.8) is 0 Å². The van der Waals surface area contributed by atoms with E-state index in [0.717, 1.165) is 5.56 Å². The van der Waals surface area contributed by atoms with Gasteiger partial charge in [0, 0.05) is 18.7 Å². The Morgan fingerprint density at radius 3 is 2.56 bits per heavy atom. The first-order chi connectivity index (χ1) is 7.29. The van der Waals surface area contributed by atoms with E-state index in [0.29, 0.717) is 18.1 Å². The van der Waals surface area contributed by atoms with Gasteiger partial charge in [-0.2, -0.15) is 0 Å². The second kappa shape index (κ2) is 5.04. The second-order valence-corrected chi connectivity index (χ2v) is 5.14. The van der Waals surface area contributed by atoms with E-state index < -0.39 is 5.60 Å². The molecule has 0 unspecified atom stereocenters. The molecule has 1 rings (SSSR count). The zero-order valence-corrected chi connectivity index (χ0v) is 10.6. The van der Waals surface area contributed by atoms with Crippen LogP contribution in [0.1, 0.15) is 19.4 Å². The maximum absolute atomic E-state index is 9.72. The molecule has 0 spiro atoms. The average molecular weight is 244 g/mol. The number of benzene rings is 1. The molecule has 0 aliphatic carbocycles. The smallest absolute Gasteiger partial charge is 0.138 e. The topological polar surface area (TPSA) is 43.7 Å². The summed E-state index contributed by atoms with van der Waals surface area (Å²) in [6, 6.07) is 5.27. The van der Waals surface area contributed by atoms with Crippen LogP contribution in [0.25, 0.3) is 0 Å². The lowest BCUT2D eigenvalue weighted by Gasteiger charge is -2.25. The summed E-state index contributed by atoms with van der Waals surface area (Å²) in [7, 11) is 1.89.